The minimum atomic E-state index is 0.0571. The van der Waals surface area contributed by atoms with Gasteiger partial charge in [0.1, 0.15) is 5.82 Å². The maximum Gasteiger partial charge on any atom is 0.229 e. The van der Waals surface area contributed by atoms with E-state index in [9.17, 15) is 4.79 Å². The van der Waals surface area contributed by atoms with Gasteiger partial charge in [-0.3, -0.25) is 4.79 Å². The van der Waals surface area contributed by atoms with Crippen LogP contribution < -0.4 is 15.5 Å². The number of morpholine rings is 1. The molecule has 3 heterocycles. The van der Waals surface area contributed by atoms with Gasteiger partial charge in [0.25, 0.3) is 0 Å². The average molecular weight is 276 g/mol. The summed E-state index contributed by atoms with van der Waals surface area (Å²) in [6, 6.07) is 3.87. The van der Waals surface area contributed by atoms with E-state index in [0.717, 1.165) is 51.5 Å². The molecule has 0 aromatic carbocycles. The van der Waals surface area contributed by atoms with Crippen LogP contribution >= 0.6 is 0 Å². The third-order valence-corrected chi connectivity index (χ3v) is 3.81. The monoisotopic (exact) mass is 276 g/mol. The van der Waals surface area contributed by atoms with E-state index < -0.39 is 0 Å². The van der Waals surface area contributed by atoms with Crippen molar-refractivity contribution in [3.05, 3.63) is 18.3 Å². The first-order chi connectivity index (χ1) is 9.83. The lowest BCUT2D eigenvalue weighted by molar-refractivity contribution is -0.119. The van der Waals surface area contributed by atoms with E-state index in [0.29, 0.717) is 5.82 Å². The molecule has 6 heteroatoms. The minimum Gasteiger partial charge on any atom is -0.378 e. The Morgan fingerprint density at radius 3 is 2.90 bits per heavy atom. The van der Waals surface area contributed by atoms with E-state index in [2.05, 4.69) is 20.5 Å². The Bertz CT molecular complexity index is 451. The van der Waals surface area contributed by atoms with Crippen molar-refractivity contribution in [3.8, 4) is 0 Å². The van der Waals surface area contributed by atoms with Gasteiger partial charge >= 0.3 is 0 Å². The molecule has 1 aromatic heterocycles. The molecule has 2 aliphatic heterocycles. The van der Waals surface area contributed by atoms with Crippen molar-refractivity contribution in [2.75, 3.05) is 49.6 Å². The zero-order chi connectivity index (χ0) is 13.8. The van der Waals surface area contributed by atoms with Crippen molar-refractivity contribution in [3.63, 3.8) is 0 Å². The molecule has 0 radical (unpaired) electrons. The molecule has 6 nitrogen and oxygen atoms in total. The third kappa shape index (κ3) is 3.08. The molecule has 2 N–H and O–H groups in total. The fraction of sp³-hybridized carbons (Fsp3) is 0.571. The Hall–Kier alpha value is -1.66. The zero-order valence-corrected chi connectivity index (χ0v) is 11.5. The largest absolute Gasteiger partial charge is 0.378 e. The zero-order valence-electron chi connectivity index (χ0n) is 11.5. The van der Waals surface area contributed by atoms with Crippen molar-refractivity contribution in [2.24, 2.45) is 5.92 Å². The Balaban J connectivity index is 1.59. The topological polar surface area (TPSA) is 66.5 Å². The van der Waals surface area contributed by atoms with Crippen molar-refractivity contribution in [1.82, 2.24) is 10.3 Å². The van der Waals surface area contributed by atoms with Crippen molar-refractivity contribution < 1.29 is 9.53 Å². The first-order valence-electron chi connectivity index (χ1n) is 7.13. The number of ether oxygens (including phenoxy) is 1. The fourth-order valence-electron chi connectivity index (χ4n) is 2.58. The number of amides is 1. The number of pyridine rings is 1. The molecular formula is C14H20N4O2. The van der Waals surface area contributed by atoms with E-state index in [1.165, 1.54) is 0 Å². The van der Waals surface area contributed by atoms with Gasteiger partial charge in [0.15, 0.2) is 0 Å². The van der Waals surface area contributed by atoms with E-state index in [1.807, 2.05) is 18.3 Å². The molecule has 20 heavy (non-hydrogen) atoms. The van der Waals surface area contributed by atoms with Gasteiger partial charge in [-0.2, -0.15) is 0 Å². The lowest BCUT2D eigenvalue weighted by atomic mass is 10.1. The molecule has 1 unspecified atom stereocenters. The summed E-state index contributed by atoms with van der Waals surface area (Å²) in [5, 5.41) is 6.07. The number of aromatic nitrogens is 1. The molecule has 2 aliphatic rings. The fourth-order valence-corrected chi connectivity index (χ4v) is 2.58. The molecular weight excluding hydrogens is 256 g/mol. The van der Waals surface area contributed by atoms with Crippen LogP contribution in [-0.4, -0.2) is 50.3 Å². The number of nitrogens with one attached hydrogen (secondary N) is 2. The van der Waals surface area contributed by atoms with Crippen LogP contribution in [-0.2, 0) is 9.53 Å². The molecule has 3 rings (SSSR count). The molecule has 2 fully saturated rings. The van der Waals surface area contributed by atoms with Crippen molar-refractivity contribution in [2.45, 2.75) is 6.42 Å². The molecule has 1 aromatic rings. The summed E-state index contributed by atoms with van der Waals surface area (Å²) in [7, 11) is 0. The highest BCUT2D eigenvalue weighted by Gasteiger charge is 2.22. The molecule has 0 spiro atoms. The Morgan fingerprint density at radius 1 is 1.40 bits per heavy atom. The number of hydrogen-bond acceptors (Lipinski definition) is 5. The number of rotatable bonds is 3. The highest BCUT2D eigenvalue weighted by molar-refractivity contribution is 5.92. The summed E-state index contributed by atoms with van der Waals surface area (Å²) in [6.07, 6.45) is 2.71. The second-order valence-corrected chi connectivity index (χ2v) is 5.18. The highest BCUT2D eigenvalue weighted by atomic mass is 16.5. The molecule has 108 valence electrons. The third-order valence-electron chi connectivity index (χ3n) is 3.81. The van der Waals surface area contributed by atoms with Crippen LogP contribution in [0.15, 0.2) is 18.3 Å². The van der Waals surface area contributed by atoms with Crippen LogP contribution in [0.3, 0.4) is 0 Å². The van der Waals surface area contributed by atoms with Gasteiger partial charge in [0, 0.05) is 19.6 Å². The van der Waals surface area contributed by atoms with Crippen molar-refractivity contribution in [1.29, 1.82) is 0 Å². The normalized spacial score (nSPS) is 22.8. The maximum atomic E-state index is 12.0. The van der Waals surface area contributed by atoms with Gasteiger partial charge in [-0.05, 0) is 25.1 Å². The van der Waals surface area contributed by atoms with Gasteiger partial charge in [0.05, 0.1) is 31.0 Å². The van der Waals surface area contributed by atoms with Gasteiger partial charge < -0.3 is 20.3 Å². The molecule has 1 amide bonds. The van der Waals surface area contributed by atoms with E-state index >= 15 is 0 Å². The van der Waals surface area contributed by atoms with Gasteiger partial charge in [-0.15, -0.1) is 0 Å². The number of nitrogens with zero attached hydrogens (tertiary/aromatic N) is 2. The van der Waals surface area contributed by atoms with Crippen LogP contribution in [0.25, 0.3) is 0 Å². The summed E-state index contributed by atoms with van der Waals surface area (Å²) in [5.41, 5.74) is 1.08. The van der Waals surface area contributed by atoms with Gasteiger partial charge in [-0.1, -0.05) is 0 Å². The lowest BCUT2D eigenvalue weighted by Crippen LogP contribution is -2.36. The number of carbonyl (C=O) groups is 1. The first-order valence-corrected chi connectivity index (χ1v) is 7.13. The van der Waals surface area contributed by atoms with Crippen LogP contribution in [0.4, 0.5) is 11.5 Å². The quantitative estimate of drug-likeness (QED) is 0.840. The Morgan fingerprint density at radius 2 is 2.25 bits per heavy atom. The Labute approximate surface area is 118 Å². The SMILES string of the molecule is O=C(Nc1ccc(N2CCOCC2)cn1)C1CCNC1. The standard InChI is InChI=1S/C14H20N4O2/c19-14(11-3-4-15-9-11)17-13-2-1-12(10-16-13)18-5-7-20-8-6-18/h1-2,10-11,15H,3-9H2,(H,16,17,19). The number of carbonyl (C=O) groups excluding carboxylic acids is 1. The van der Waals surface area contributed by atoms with Gasteiger partial charge in [0.2, 0.25) is 5.91 Å². The van der Waals surface area contributed by atoms with E-state index in [1.54, 1.807) is 0 Å². The molecule has 0 aliphatic carbocycles. The van der Waals surface area contributed by atoms with E-state index in [4.69, 9.17) is 4.74 Å². The Kier molecular flexibility index (Phi) is 4.13. The van der Waals surface area contributed by atoms with Crippen LogP contribution in [0, 0.1) is 5.92 Å². The van der Waals surface area contributed by atoms with Crippen LogP contribution in [0.2, 0.25) is 0 Å². The van der Waals surface area contributed by atoms with Crippen molar-refractivity contribution >= 4 is 17.4 Å². The first kappa shape index (κ1) is 13.3. The number of hydrogen-bond donors (Lipinski definition) is 2. The van der Waals surface area contributed by atoms with Crippen LogP contribution in [0.5, 0.6) is 0 Å². The molecule has 1 atom stereocenters. The molecule has 0 bridgehead atoms. The summed E-state index contributed by atoms with van der Waals surface area (Å²) in [6.45, 7) is 4.97. The number of anilines is 2. The maximum absolute atomic E-state index is 12.0. The van der Waals surface area contributed by atoms with Crippen LogP contribution in [0.1, 0.15) is 6.42 Å². The summed E-state index contributed by atoms with van der Waals surface area (Å²) < 4.78 is 5.33. The van der Waals surface area contributed by atoms with Gasteiger partial charge in [-0.25, -0.2) is 4.98 Å². The lowest BCUT2D eigenvalue weighted by Gasteiger charge is -2.28. The highest BCUT2D eigenvalue weighted by Crippen LogP contribution is 2.17. The summed E-state index contributed by atoms with van der Waals surface area (Å²) in [5.74, 6) is 0.747. The second kappa shape index (κ2) is 6.19. The molecule has 0 saturated carbocycles. The minimum absolute atomic E-state index is 0.0571. The molecule has 2 saturated heterocycles. The summed E-state index contributed by atoms with van der Waals surface area (Å²) >= 11 is 0. The van der Waals surface area contributed by atoms with E-state index in [-0.39, 0.29) is 11.8 Å². The second-order valence-electron chi connectivity index (χ2n) is 5.18. The average Bonchev–Trinajstić information content (AvgIpc) is 3.03. The predicted molar refractivity (Wildman–Crippen MR) is 76.9 cm³/mol. The smallest absolute Gasteiger partial charge is 0.229 e. The summed E-state index contributed by atoms with van der Waals surface area (Å²) in [4.78, 5) is 18.6. The predicted octanol–water partition coefficient (Wildman–Crippen LogP) is 0.466.